The molecular weight excluding hydrogens is 226 g/mol. The fourth-order valence-corrected chi connectivity index (χ4v) is 2.50. The van der Waals surface area contributed by atoms with Gasteiger partial charge in [0.05, 0.1) is 5.56 Å². The molecule has 1 unspecified atom stereocenters. The van der Waals surface area contributed by atoms with Crippen molar-refractivity contribution in [1.29, 1.82) is 0 Å². The van der Waals surface area contributed by atoms with Gasteiger partial charge in [0.25, 0.3) is 5.91 Å². The van der Waals surface area contributed by atoms with E-state index in [1.165, 1.54) is 0 Å². The fraction of sp³-hybridized carbons (Fsp3) is 0.500. The molecule has 1 aromatic carbocycles. The van der Waals surface area contributed by atoms with E-state index in [1.54, 1.807) is 6.07 Å². The summed E-state index contributed by atoms with van der Waals surface area (Å²) >= 11 is 0. The third-order valence-electron chi connectivity index (χ3n) is 3.55. The number of anilines is 2. The Bertz CT molecular complexity index is 456. The van der Waals surface area contributed by atoms with Crippen molar-refractivity contribution in [3.8, 4) is 0 Å². The highest BCUT2D eigenvalue weighted by Gasteiger charge is 2.27. The van der Waals surface area contributed by atoms with Crippen LogP contribution in [0.1, 0.15) is 30.1 Å². The Kier molecular flexibility index (Phi) is 3.45. The van der Waals surface area contributed by atoms with Crippen LogP contribution in [-0.4, -0.2) is 37.5 Å². The zero-order valence-electron chi connectivity index (χ0n) is 11.3. The molecule has 2 N–H and O–H groups in total. The number of nitrogens with two attached hydrogens (primary N) is 1. The smallest absolute Gasteiger partial charge is 0.256 e. The summed E-state index contributed by atoms with van der Waals surface area (Å²) in [5.74, 6) is 0.0935. The van der Waals surface area contributed by atoms with Crippen LogP contribution in [0.25, 0.3) is 0 Å². The molecule has 2 rings (SSSR count). The molecule has 98 valence electrons. The van der Waals surface area contributed by atoms with Crippen LogP contribution in [0, 0.1) is 0 Å². The maximum atomic E-state index is 12.6. The van der Waals surface area contributed by atoms with Crippen LogP contribution in [0.5, 0.6) is 0 Å². The normalized spacial score (nSPS) is 19.1. The highest BCUT2D eigenvalue weighted by Crippen LogP contribution is 2.26. The number of hydrogen-bond donors (Lipinski definition) is 1. The standard InChI is InChI=1S/C14H21N3O/c1-10-5-4-8-17(10)14(18)12-9-11(15)6-7-13(12)16(2)3/h6-7,9-10H,4-5,8,15H2,1-3H3. The molecule has 1 fully saturated rings. The lowest BCUT2D eigenvalue weighted by Crippen LogP contribution is -2.34. The van der Waals surface area contributed by atoms with Crippen LogP contribution in [0.15, 0.2) is 18.2 Å². The van der Waals surface area contributed by atoms with Gasteiger partial charge in [0.1, 0.15) is 0 Å². The minimum absolute atomic E-state index is 0.0935. The average molecular weight is 247 g/mol. The predicted octanol–water partition coefficient (Wildman–Crippen LogP) is 1.96. The van der Waals surface area contributed by atoms with Crippen LogP contribution in [0.3, 0.4) is 0 Å². The molecule has 1 atom stereocenters. The molecule has 0 saturated carbocycles. The second kappa shape index (κ2) is 4.88. The molecule has 0 radical (unpaired) electrons. The highest BCUT2D eigenvalue weighted by atomic mass is 16.2. The second-order valence-corrected chi connectivity index (χ2v) is 5.16. The maximum absolute atomic E-state index is 12.6. The minimum Gasteiger partial charge on any atom is -0.399 e. The molecule has 0 aliphatic carbocycles. The van der Waals surface area contributed by atoms with Gasteiger partial charge in [-0.15, -0.1) is 0 Å². The molecule has 1 aromatic rings. The topological polar surface area (TPSA) is 49.6 Å². The Hall–Kier alpha value is -1.71. The molecule has 1 aliphatic rings. The van der Waals surface area contributed by atoms with Crippen molar-refractivity contribution in [3.63, 3.8) is 0 Å². The van der Waals surface area contributed by atoms with E-state index in [0.29, 0.717) is 17.3 Å². The molecule has 1 amide bonds. The van der Waals surface area contributed by atoms with E-state index >= 15 is 0 Å². The first-order valence-corrected chi connectivity index (χ1v) is 6.38. The minimum atomic E-state index is 0.0935. The molecule has 1 saturated heterocycles. The van der Waals surface area contributed by atoms with Gasteiger partial charge in [-0.05, 0) is 38.0 Å². The lowest BCUT2D eigenvalue weighted by molar-refractivity contribution is 0.0748. The maximum Gasteiger partial charge on any atom is 0.256 e. The fourth-order valence-electron chi connectivity index (χ4n) is 2.50. The number of benzene rings is 1. The van der Waals surface area contributed by atoms with Gasteiger partial charge in [-0.25, -0.2) is 0 Å². The summed E-state index contributed by atoms with van der Waals surface area (Å²) in [7, 11) is 3.88. The van der Waals surface area contributed by atoms with Crippen molar-refractivity contribution in [2.45, 2.75) is 25.8 Å². The summed E-state index contributed by atoms with van der Waals surface area (Å²) in [6.07, 6.45) is 2.18. The van der Waals surface area contributed by atoms with Gasteiger partial charge in [0.15, 0.2) is 0 Å². The van der Waals surface area contributed by atoms with E-state index in [4.69, 9.17) is 5.73 Å². The number of nitrogen functional groups attached to an aromatic ring is 1. The van der Waals surface area contributed by atoms with Crippen molar-refractivity contribution in [2.24, 2.45) is 0 Å². The van der Waals surface area contributed by atoms with Gasteiger partial charge in [-0.2, -0.15) is 0 Å². The van der Waals surface area contributed by atoms with Gasteiger partial charge in [-0.1, -0.05) is 0 Å². The van der Waals surface area contributed by atoms with Crippen LogP contribution in [-0.2, 0) is 0 Å². The number of likely N-dealkylation sites (tertiary alicyclic amines) is 1. The Morgan fingerprint density at radius 3 is 2.72 bits per heavy atom. The number of hydrogen-bond acceptors (Lipinski definition) is 3. The van der Waals surface area contributed by atoms with Crippen LogP contribution < -0.4 is 10.6 Å². The lowest BCUT2D eigenvalue weighted by Gasteiger charge is -2.25. The van der Waals surface area contributed by atoms with E-state index in [2.05, 4.69) is 6.92 Å². The Labute approximate surface area is 108 Å². The number of carbonyl (C=O) groups excluding carboxylic acids is 1. The number of rotatable bonds is 2. The largest absolute Gasteiger partial charge is 0.399 e. The highest BCUT2D eigenvalue weighted by molar-refractivity contribution is 6.01. The van der Waals surface area contributed by atoms with Gasteiger partial charge >= 0.3 is 0 Å². The zero-order valence-corrected chi connectivity index (χ0v) is 11.3. The van der Waals surface area contributed by atoms with Crippen molar-refractivity contribution in [3.05, 3.63) is 23.8 Å². The number of amides is 1. The van der Waals surface area contributed by atoms with Crippen molar-refractivity contribution < 1.29 is 4.79 Å². The Balaban J connectivity index is 2.37. The molecule has 4 nitrogen and oxygen atoms in total. The molecule has 0 spiro atoms. The quantitative estimate of drug-likeness (QED) is 0.813. The van der Waals surface area contributed by atoms with Crippen LogP contribution in [0.2, 0.25) is 0 Å². The van der Waals surface area contributed by atoms with Crippen molar-refractivity contribution in [1.82, 2.24) is 4.90 Å². The molecule has 0 aromatic heterocycles. The monoisotopic (exact) mass is 247 g/mol. The van der Waals surface area contributed by atoms with Gasteiger partial charge in [0, 0.05) is 38.1 Å². The Morgan fingerprint density at radius 2 is 2.17 bits per heavy atom. The summed E-state index contributed by atoms with van der Waals surface area (Å²) in [6, 6.07) is 5.85. The first kappa shape index (κ1) is 12.7. The Morgan fingerprint density at radius 1 is 1.44 bits per heavy atom. The van der Waals surface area contributed by atoms with E-state index in [1.807, 2.05) is 36.0 Å². The van der Waals surface area contributed by atoms with Crippen molar-refractivity contribution >= 4 is 17.3 Å². The second-order valence-electron chi connectivity index (χ2n) is 5.16. The number of nitrogens with zero attached hydrogens (tertiary/aromatic N) is 2. The third-order valence-corrected chi connectivity index (χ3v) is 3.55. The summed E-state index contributed by atoms with van der Waals surface area (Å²) < 4.78 is 0. The molecule has 4 heteroatoms. The molecular formula is C14H21N3O. The number of carbonyl (C=O) groups is 1. The van der Waals surface area contributed by atoms with Gasteiger partial charge < -0.3 is 15.5 Å². The average Bonchev–Trinajstić information content (AvgIpc) is 2.74. The van der Waals surface area contributed by atoms with Crippen molar-refractivity contribution in [2.75, 3.05) is 31.3 Å². The molecule has 1 aliphatic heterocycles. The van der Waals surface area contributed by atoms with Crippen LogP contribution in [0.4, 0.5) is 11.4 Å². The van der Waals surface area contributed by atoms with E-state index in [9.17, 15) is 4.79 Å². The first-order chi connectivity index (χ1) is 8.50. The van der Waals surface area contributed by atoms with Crippen LogP contribution >= 0.6 is 0 Å². The zero-order chi connectivity index (χ0) is 13.3. The summed E-state index contributed by atoms with van der Waals surface area (Å²) in [5.41, 5.74) is 8.07. The summed E-state index contributed by atoms with van der Waals surface area (Å²) in [5, 5.41) is 0. The molecule has 18 heavy (non-hydrogen) atoms. The van der Waals surface area contributed by atoms with Gasteiger partial charge in [-0.3, -0.25) is 4.79 Å². The SMILES string of the molecule is CC1CCCN1C(=O)c1cc(N)ccc1N(C)C. The van der Waals surface area contributed by atoms with E-state index in [-0.39, 0.29) is 5.91 Å². The van der Waals surface area contributed by atoms with E-state index < -0.39 is 0 Å². The molecule has 1 heterocycles. The van der Waals surface area contributed by atoms with Gasteiger partial charge in [0.2, 0.25) is 0 Å². The predicted molar refractivity (Wildman–Crippen MR) is 74.9 cm³/mol. The first-order valence-electron chi connectivity index (χ1n) is 6.38. The third kappa shape index (κ3) is 2.28. The lowest BCUT2D eigenvalue weighted by atomic mass is 10.1. The summed E-state index contributed by atoms with van der Waals surface area (Å²) in [6.45, 7) is 2.95. The van der Waals surface area contributed by atoms with E-state index in [0.717, 1.165) is 25.1 Å². The summed E-state index contributed by atoms with van der Waals surface area (Å²) in [4.78, 5) is 16.5. The molecule has 0 bridgehead atoms.